The van der Waals surface area contributed by atoms with Crippen molar-refractivity contribution >= 4 is 5.97 Å². The maximum Gasteiger partial charge on any atom is 0.311 e. The minimum atomic E-state index is -1.76. The summed E-state index contributed by atoms with van der Waals surface area (Å²) in [6.45, 7) is 2.69. The standard InChI is InChI=1S/C12H14F2O3/c1-7(11(15)17-3)12(2,16)9-5-4-8(13)6-10(9)14/h4-7,16H,1-3H3. The molecule has 17 heavy (non-hydrogen) atoms. The summed E-state index contributed by atoms with van der Waals surface area (Å²) in [7, 11) is 1.18. The molecule has 0 spiro atoms. The van der Waals surface area contributed by atoms with Crippen molar-refractivity contribution < 1.29 is 23.4 Å². The van der Waals surface area contributed by atoms with Crippen LogP contribution in [-0.2, 0) is 15.1 Å². The van der Waals surface area contributed by atoms with Crippen molar-refractivity contribution in [1.82, 2.24) is 0 Å². The Hall–Kier alpha value is -1.49. The Kier molecular flexibility index (Phi) is 3.83. The second-order valence-corrected chi connectivity index (χ2v) is 4.02. The number of rotatable bonds is 3. The van der Waals surface area contributed by atoms with Gasteiger partial charge in [-0.25, -0.2) is 8.78 Å². The Balaban J connectivity index is 3.16. The molecule has 5 heteroatoms. The van der Waals surface area contributed by atoms with Gasteiger partial charge in [-0.1, -0.05) is 6.07 Å². The van der Waals surface area contributed by atoms with Crippen LogP contribution in [0.3, 0.4) is 0 Å². The highest BCUT2D eigenvalue weighted by molar-refractivity contribution is 5.73. The van der Waals surface area contributed by atoms with E-state index in [9.17, 15) is 18.7 Å². The number of benzene rings is 1. The van der Waals surface area contributed by atoms with Crippen LogP contribution in [0, 0.1) is 17.6 Å². The van der Waals surface area contributed by atoms with E-state index in [-0.39, 0.29) is 5.56 Å². The minimum Gasteiger partial charge on any atom is -0.469 e. The van der Waals surface area contributed by atoms with Crippen molar-refractivity contribution in [3.63, 3.8) is 0 Å². The zero-order valence-electron chi connectivity index (χ0n) is 9.83. The predicted octanol–water partition coefficient (Wildman–Crippen LogP) is 1.98. The van der Waals surface area contributed by atoms with E-state index in [4.69, 9.17) is 0 Å². The first-order valence-corrected chi connectivity index (χ1v) is 5.06. The summed E-state index contributed by atoms with van der Waals surface area (Å²) < 4.78 is 30.8. The van der Waals surface area contributed by atoms with Crippen LogP contribution >= 0.6 is 0 Å². The lowest BCUT2D eigenvalue weighted by atomic mass is 9.83. The summed E-state index contributed by atoms with van der Waals surface area (Å²) in [6, 6.07) is 2.80. The van der Waals surface area contributed by atoms with E-state index >= 15 is 0 Å². The zero-order chi connectivity index (χ0) is 13.2. The number of esters is 1. The molecule has 1 rings (SSSR count). The molecular formula is C12H14F2O3. The van der Waals surface area contributed by atoms with E-state index in [0.29, 0.717) is 6.07 Å². The topological polar surface area (TPSA) is 46.5 Å². The third kappa shape index (κ3) is 2.61. The summed E-state index contributed by atoms with van der Waals surface area (Å²) >= 11 is 0. The lowest BCUT2D eigenvalue weighted by Gasteiger charge is -2.29. The molecule has 1 aromatic carbocycles. The van der Waals surface area contributed by atoms with Gasteiger partial charge in [0.05, 0.1) is 13.0 Å². The molecule has 0 aliphatic heterocycles. The van der Waals surface area contributed by atoms with Gasteiger partial charge in [0.25, 0.3) is 0 Å². The van der Waals surface area contributed by atoms with Crippen LogP contribution in [0.2, 0.25) is 0 Å². The summed E-state index contributed by atoms with van der Waals surface area (Å²) in [5, 5.41) is 10.2. The molecule has 0 saturated carbocycles. The lowest BCUT2D eigenvalue weighted by molar-refractivity contribution is -0.154. The second-order valence-electron chi connectivity index (χ2n) is 4.02. The van der Waals surface area contributed by atoms with Gasteiger partial charge in [0.15, 0.2) is 0 Å². The van der Waals surface area contributed by atoms with E-state index < -0.39 is 29.1 Å². The molecule has 0 amide bonds. The predicted molar refractivity (Wildman–Crippen MR) is 57.1 cm³/mol. The second kappa shape index (κ2) is 4.79. The number of ether oxygens (including phenoxy) is 1. The third-order valence-electron chi connectivity index (χ3n) is 2.87. The number of carbonyl (C=O) groups is 1. The van der Waals surface area contributed by atoms with E-state index in [0.717, 1.165) is 12.1 Å². The van der Waals surface area contributed by atoms with Gasteiger partial charge in [-0.05, 0) is 19.9 Å². The van der Waals surface area contributed by atoms with Gasteiger partial charge in [-0.3, -0.25) is 4.79 Å². The highest BCUT2D eigenvalue weighted by atomic mass is 19.1. The van der Waals surface area contributed by atoms with Crippen LogP contribution in [0.4, 0.5) is 8.78 Å². The number of aliphatic hydroxyl groups is 1. The molecule has 1 N–H and O–H groups in total. The third-order valence-corrected chi connectivity index (χ3v) is 2.87. The van der Waals surface area contributed by atoms with Crippen LogP contribution in [0.15, 0.2) is 18.2 Å². The molecule has 94 valence electrons. The first-order chi connectivity index (χ1) is 7.80. The Labute approximate surface area is 98.0 Å². The van der Waals surface area contributed by atoms with E-state index in [2.05, 4.69) is 4.74 Å². The van der Waals surface area contributed by atoms with Crippen molar-refractivity contribution in [2.45, 2.75) is 19.4 Å². The number of carbonyl (C=O) groups excluding carboxylic acids is 1. The monoisotopic (exact) mass is 244 g/mol. The molecule has 2 unspecified atom stereocenters. The fourth-order valence-corrected chi connectivity index (χ4v) is 1.54. The van der Waals surface area contributed by atoms with E-state index in [1.54, 1.807) is 0 Å². The zero-order valence-corrected chi connectivity index (χ0v) is 9.83. The molecule has 0 aliphatic carbocycles. The molecule has 1 aromatic rings. The molecule has 0 aliphatic rings. The van der Waals surface area contributed by atoms with Gasteiger partial charge in [0.1, 0.15) is 17.2 Å². The smallest absolute Gasteiger partial charge is 0.311 e. The summed E-state index contributed by atoms with van der Waals surface area (Å²) in [4.78, 5) is 11.3. The van der Waals surface area contributed by atoms with E-state index in [1.807, 2.05) is 0 Å². The average molecular weight is 244 g/mol. The number of methoxy groups -OCH3 is 1. The SMILES string of the molecule is COC(=O)C(C)C(C)(O)c1ccc(F)cc1F. The van der Waals surface area contributed by atoms with Crippen molar-refractivity contribution in [3.05, 3.63) is 35.4 Å². The van der Waals surface area contributed by atoms with Crippen molar-refractivity contribution in [2.75, 3.05) is 7.11 Å². The molecule has 2 atom stereocenters. The van der Waals surface area contributed by atoms with Crippen molar-refractivity contribution in [3.8, 4) is 0 Å². The van der Waals surface area contributed by atoms with E-state index in [1.165, 1.54) is 21.0 Å². The minimum absolute atomic E-state index is 0.142. The van der Waals surface area contributed by atoms with Gasteiger partial charge in [-0.2, -0.15) is 0 Å². The average Bonchev–Trinajstić information content (AvgIpc) is 2.26. The molecule has 0 heterocycles. The Bertz CT molecular complexity index is 430. The van der Waals surface area contributed by atoms with Crippen LogP contribution < -0.4 is 0 Å². The normalized spacial score (nSPS) is 16.1. The summed E-state index contributed by atoms with van der Waals surface area (Å²) in [6.07, 6.45) is 0. The number of halogens is 2. The van der Waals surface area contributed by atoms with Gasteiger partial charge < -0.3 is 9.84 Å². The largest absolute Gasteiger partial charge is 0.469 e. The molecule has 0 bridgehead atoms. The molecular weight excluding hydrogens is 230 g/mol. The van der Waals surface area contributed by atoms with Gasteiger partial charge in [-0.15, -0.1) is 0 Å². The molecule has 0 radical (unpaired) electrons. The first kappa shape index (κ1) is 13.6. The Morgan fingerprint density at radius 2 is 2.06 bits per heavy atom. The lowest BCUT2D eigenvalue weighted by Crippen LogP contribution is -2.36. The fraction of sp³-hybridized carbons (Fsp3) is 0.417. The van der Waals surface area contributed by atoms with Crippen LogP contribution in [0.1, 0.15) is 19.4 Å². The van der Waals surface area contributed by atoms with Crippen molar-refractivity contribution in [2.24, 2.45) is 5.92 Å². The highest BCUT2D eigenvalue weighted by Crippen LogP contribution is 2.32. The summed E-state index contributed by atoms with van der Waals surface area (Å²) in [5.74, 6) is -3.27. The van der Waals surface area contributed by atoms with Crippen molar-refractivity contribution in [1.29, 1.82) is 0 Å². The van der Waals surface area contributed by atoms with Crippen LogP contribution in [0.5, 0.6) is 0 Å². The Morgan fingerprint density at radius 3 is 2.53 bits per heavy atom. The molecule has 0 fully saturated rings. The molecule has 0 saturated heterocycles. The molecule has 3 nitrogen and oxygen atoms in total. The van der Waals surface area contributed by atoms with Crippen LogP contribution in [0.25, 0.3) is 0 Å². The number of hydrogen-bond donors (Lipinski definition) is 1. The maximum atomic E-state index is 13.5. The quantitative estimate of drug-likeness (QED) is 0.827. The first-order valence-electron chi connectivity index (χ1n) is 5.06. The van der Waals surface area contributed by atoms with Crippen LogP contribution in [-0.4, -0.2) is 18.2 Å². The Morgan fingerprint density at radius 1 is 1.47 bits per heavy atom. The van der Waals surface area contributed by atoms with Gasteiger partial charge >= 0.3 is 5.97 Å². The van der Waals surface area contributed by atoms with Gasteiger partial charge in [0, 0.05) is 11.6 Å². The highest BCUT2D eigenvalue weighted by Gasteiger charge is 2.38. The number of hydrogen-bond acceptors (Lipinski definition) is 3. The maximum absolute atomic E-state index is 13.5. The molecule has 0 aromatic heterocycles. The summed E-state index contributed by atoms with van der Waals surface area (Å²) in [5.41, 5.74) is -1.90. The van der Waals surface area contributed by atoms with Gasteiger partial charge in [0.2, 0.25) is 0 Å². The fourth-order valence-electron chi connectivity index (χ4n) is 1.54.